The van der Waals surface area contributed by atoms with Gasteiger partial charge >= 0.3 is 0 Å². The first-order valence-electron chi connectivity index (χ1n) is 10.9. The first-order valence-corrected chi connectivity index (χ1v) is 11.3. The van der Waals surface area contributed by atoms with Crippen LogP contribution < -0.4 is 4.74 Å². The topological polar surface area (TPSA) is 60.2 Å². The predicted molar refractivity (Wildman–Crippen MR) is 130 cm³/mol. The quantitative estimate of drug-likeness (QED) is 0.350. The Balaban J connectivity index is 1.50. The lowest BCUT2D eigenvalue weighted by Crippen LogP contribution is -2.40. The van der Waals surface area contributed by atoms with E-state index in [0.717, 1.165) is 47.3 Å². The number of amides is 1. The number of benzene rings is 2. The lowest BCUT2D eigenvalue weighted by Gasteiger charge is -2.32. The first-order chi connectivity index (χ1) is 16.1. The maximum absolute atomic E-state index is 12.2. The number of pyridine rings is 1. The molecule has 1 amide bonds. The number of nitrogens with zero attached hydrogens (tertiary/aromatic N) is 4. The van der Waals surface area contributed by atoms with E-state index in [-0.39, 0.29) is 11.9 Å². The van der Waals surface area contributed by atoms with Gasteiger partial charge in [-0.1, -0.05) is 36.4 Å². The Hall–Kier alpha value is -3.64. The largest absolute Gasteiger partial charge is 0.456 e. The predicted octanol–water partition coefficient (Wildman–Crippen LogP) is 5.89. The van der Waals surface area contributed by atoms with E-state index < -0.39 is 0 Å². The van der Waals surface area contributed by atoms with Crippen LogP contribution in [0.2, 0.25) is 5.02 Å². The first kappa shape index (κ1) is 21.2. The van der Waals surface area contributed by atoms with Crippen LogP contribution in [0.3, 0.4) is 0 Å². The number of piperidine rings is 1. The van der Waals surface area contributed by atoms with Gasteiger partial charge in [-0.2, -0.15) is 5.10 Å². The normalized spacial score (nSPS) is 16.0. The Morgan fingerprint density at radius 3 is 2.82 bits per heavy atom. The molecule has 0 unspecified atom stereocenters. The van der Waals surface area contributed by atoms with Crippen LogP contribution in [0.25, 0.3) is 22.2 Å². The Labute approximate surface area is 197 Å². The van der Waals surface area contributed by atoms with Crippen molar-refractivity contribution in [1.82, 2.24) is 19.7 Å². The molecule has 2 aromatic carbocycles. The van der Waals surface area contributed by atoms with Gasteiger partial charge in [0.15, 0.2) is 0 Å². The molecule has 0 saturated carbocycles. The fourth-order valence-corrected chi connectivity index (χ4v) is 4.53. The molecule has 1 fully saturated rings. The van der Waals surface area contributed by atoms with E-state index in [9.17, 15) is 4.79 Å². The lowest BCUT2D eigenvalue weighted by molar-refractivity contribution is -0.127. The minimum absolute atomic E-state index is 0.0427. The Morgan fingerprint density at radius 1 is 1.18 bits per heavy atom. The van der Waals surface area contributed by atoms with Gasteiger partial charge in [-0.05, 0) is 55.3 Å². The van der Waals surface area contributed by atoms with Gasteiger partial charge in [0.05, 0.1) is 16.6 Å². The molecule has 0 aliphatic carbocycles. The van der Waals surface area contributed by atoms with Crippen LogP contribution in [0.15, 0.2) is 79.6 Å². The second-order valence-corrected chi connectivity index (χ2v) is 8.44. The Bertz CT molecular complexity index is 1320. The fraction of sp³-hybridized carbons (Fsp3) is 0.192. The van der Waals surface area contributed by atoms with Crippen molar-refractivity contribution in [2.45, 2.75) is 18.9 Å². The summed E-state index contributed by atoms with van der Waals surface area (Å²) in [7, 11) is 0. The highest BCUT2D eigenvalue weighted by molar-refractivity contribution is 6.32. The third kappa shape index (κ3) is 4.22. The van der Waals surface area contributed by atoms with Crippen molar-refractivity contribution >= 4 is 28.4 Å². The van der Waals surface area contributed by atoms with Crippen molar-refractivity contribution in [1.29, 1.82) is 0 Å². The van der Waals surface area contributed by atoms with Crippen molar-refractivity contribution < 1.29 is 9.53 Å². The monoisotopic (exact) mass is 458 g/mol. The van der Waals surface area contributed by atoms with Gasteiger partial charge < -0.3 is 9.64 Å². The Kier molecular flexibility index (Phi) is 5.84. The van der Waals surface area contributed by atoms with E-state index in [4.69, 9.17) is 21.4 Å². The maximum atomic E-state index is 12.2. The van der Waals surface area contributed by atoms with E-state index >= 15 is 0 Å². The smallest absolute Gasteiger partial charge is 0.246 e. The van der Waals surface area contributed by atoms with E-state index in [0.29, 0.717) is 17.3 Å². The summed E-state index contributed by atoms with van der Waals surface area (Å²) >= 11 is 6.58. The minimum atomic E-state index is -0.0427. The summed E-state index contributed by atoms with van der Waals surface area (Å²) in [6.07, 6.45) is 6.84. The molecule has 0 bridgehead atoms. The highest BCUT2D eigenvalue weighted by Gasteiger charge is 2.26. The van der Waals surface area contributed by atoms with Crippen molar-refractivity contribution in [2.24, 2.45) is 0 Å². The molecule has 5 rings (SSSR count). The summed E-state index contributed by atoms with van der Waals surface area (Å²) in [6.45, 7) is 4.97. The van der Waals surface area contributed by atoms with Gasteiger partial charge in [0, 0.05) is 36.4 Å². The molecule has 2 aromatic heterocycles. The van der Waals surface area contributed by atoms with Crippen LogP contribution in [-0.2, 0) is 4.79 Å². The van der Waals surface area contributed by atoms with E-state index in [2.05, 4.69) is 11.6 Å². The van der Waals surface area contributed by atoms with Gasteiger partial charge in [-0.15, -0.1) is 0 Å². The molecule has 166 valence electrons. The standard InChI is InChI=1S/C26H23ClN4O2/c1-2-25(32)30-14-6-7-19(17-30)31-23-12-13-28-16-21(23)26(29-31)18-10-11-24(22(27)15-18)33-20-8-4-3-5-9-20/h2-5,8-13,15-16,19H,1,6-7,14,17H2/t19-/m1/s1. The van der Waals surface area contributed by atoms with Gasteiger partial charge in [0.25, 0.3) is 0 Å². The number of hydrogen-bond donors (Lipinski definition) is 0. The summed E-state index contributed by atoms with van der Waals surface area (Å²) in [5, 5.41) is 6.42. The summed E-state index contributed by atoms with van der Waals surface area (Å²) < 4.78 is 7.94. The third-order valence-electron chi connectivity index (χ3n) is 5.91. The molecule has 0 radical (unpaired) electrons. The fourth-order valence-electron chi connectivity index (χ4n) is 4.31. The van der Waals surface area contributed by atoms with Crippen molar-refractivity contribution in [3.8, 4) is 22.8 Å². The SMILES string of the molecule is C=CC(=O)N1CCC[C@@H](n2nc(-c3ccc(Oc4ccccc4)c(Cl)c3)c3cnccc32)C1. The zero-order chi connectivity index (χ0) is 22.8. The van der Waals surface area contributed by atoms with Gasteiger partial charge in [-0.25, -0.2) is 0 Å². The molecule has 4 aromatic rings. The summed E-state index contributed by atoms with van der Waals surface area (Å²) in [5.41, 5.74) is 2.67. The van der Waals surface area contributed by atoms with Crippen molar-refractivity contribution in [3.05, 3.63) is 84.7 Å². The molecule has 1 aliphatic heterocycles. The molecule has 1 saturated heterocycles. The van der Waals surface area contributed by atoms with Crippen LogP contribution in [0, 0.1) is 0 Å². The van der Waals surface area contributed by atoms with Crippen LogP contribution in [-0.4, -0.2) is 38.7 Å². The molecule has 1 atom stereocenters. The summed E-state index contributed by atoms with van der Waals surface area (Å²) in [5.74, 6) is 1.26. The summed E-state index contributed by atoms with van der Waals surface area (Å²) in [6, 6.07) is 17.3. The van der Waals surface area contributed by atoms with Crippen LogP contribution in [0.5, 0.6) is 11.5 Å². The lowest BCUT2D eigenvalue weighted by atomic mass is 10.1. The zero-order valence-electron chi connectivity index (χ0n) is 18.0. The van der Waals surface area contributed by atoms with Crippen molar-refractivity contribution in [2.75, 3.05) is 13.1 Å². The molecular formula is C26H23ClN4O2. The molecule has 6 nitrogen and oxygen atoms in total. The molecule has 0 spiro atoms. The molecule has 0 N–H and O–H groups in total. The number of rotatable bonds is 5. The maximum Gasteiger partial charge on any atom is 0.246 e. The zero-order valence-corrected chi connectivity index (χ0v) is 18.8. The van der Waals surface area contributed by atoms with Gasteiger partial charge in [0.1, 0.15) is 17.2 Å². The number of hydrogen-bond acceptors (Lipinski definition) is 4. The van der Waals surface area contributed by atoms with Gasteiger partial charge in [0.2, 0.25) is 5.91 Å². The third-order valence-corrected chi connectivity index (χ3v) is 6.21. The number of fused-ring (bicyclic) bond motifs is 1. The molecule has 1 aliphatic rings. The number of carbonyl (C=O) groups excluding carboxylic acids is 1. The number of para-hydroxylation sites is 1. The molecule has 3 heterocycles. The van der Waals surface area contributed by atoms with E-state index in [1.807, 2.05) is 70.4 Å². The average Bonchev–Trinajstić information content (AvgIpc) is 3.25. The number of carbonyl (C=O) groups is 1. The average molecular weight is 459 g/mol. The van der Waals surface area contributed by atoms with Crippen molar-refractivity contribution in [3.63, 3.8) is 0 Å². The number of aromatic nitrogens is 3. The van der Waals surface area contributed by atoms with Crippen LogP contribution in [0.4, 0.5) is 0 Å². The summed E-state index contributed by atoms with van der Waals surface area (Å²) in [4.78, 5) is 18.3. The molecule has 7 heteroatoms. The molecular weight excluding hydrogens is 436 g/mol. The highest BCUT2D eigenvalue weighted by Crippen LogP contribution is 2.36. The Morgan fingerprint density at radius 2 is 2.03 bits per heavy atom. The number of likely N-dealkylation sites (tertiary alicyclic amines) is 1. The second-order valence-electron chi connectivity index (χ2n) is 8.03. The van der Waals surface area contributed by atoms with E-state index in [1.165, 1.54) is 6.08 Å². The highest BCUT2D eigenvalue weighted by atomic mass is 35.5. The van der Waals surface area contributed by atoms with Crippen LogP contribution >= 0.6 is 11.6 Å². The van der Waals surface area contributed by atoms with E-state index in [1.54, 1.807) is 6.20 Å². The van der Waals surface area contributed by atoms with Gasteiger partial charge in [-0.3, -0.25) is 14.5 Å². The second kappa shape index (κ2) is 9.08. The molecule has 33 heavy (non-hydrogen) atoms. The number of halogens is 1. The number of ether oxygens (including phenoxy) is 1. The minimum Gasteiger partial charge on any atom is -0.456 e. The van der Waals surface area contributed by atoms with Crippen LogP contribution in [0.1, 0.15) is 18.9 Å².